The molecule has 1 aromatic heterocycles. The van der Waals surface area contributed by atoms with Crippen molar-refractivity contribution in [2.75, 3.05) is 0 Å². The monoisotopic (exact) mass is 284 g/mol. The summed E-state index contributed by atoms with van der Waals surface area (Å²) in [5.74, 6) is -0.214. The molecule has 1 aliphatic rings. The van der Waals surface area contributed by atoms with Crippen LogP contribution in [0.25, 0.3) is 22.0 Å². The van der Waals surface area contributed by atoms with Crippen LogP contribution >= 0.6 is 11.9 Å². The summed E-state index contributed by atoms with van der Waals surface area (Å²) in [4.78, 5) is 4.43. The third kappa shape index (κ3) is 1.76. The van der Waals surface area contributed by atoms with Crippen LogP contribution in [0.4, 0.5) is 4.39 Å². The maximum Gasteiger partial charge on any atom is 0.125 e. The maximum absolute atomic E-state index is 13.2. The largest absolute Gasteiger partial charge is 0.360 e. The van der Waals surface area contributed by atoms with Gasteiger partial charge in [0.2, 0.25) is 0 Å². The van der Waals surface area contributed by atoms with Crippen molar-refractivity contribution in [3.63, 3.8) is 0 Å². The molecule has 20 heavy (non-hydrogen) atoms. The Morgan fingerprint density at radius 3 is 2.95 bits per heavy atom. The van der Waals surface area contributed by atoms with Gasteiger partial charge in [0.15, 0.2) is 0 Å². The van der Waals surface area contributed by atoms with E-state index in [1.54, 1.807) is 11.9 Å². The van der Waals surface area contributed by atoms with Gasteiger partial charge in [0, 0.05) is 33.6 Å². The van der Waals surface area contributed by atoms with Gasteiger partial charge in [0.05, 0.1) is 0 Å². The van der Waals surface area contributed by atoms with Gasteiger partial charge in [-0.3, -0.25) is 4.72 Å². The van der Waals surface area contributed by atoms with Crippen LogP contribution in [0.3, 0.4) is 0 Å². The van der Waals surface area contributed by atoms with Gasteiger partial charge in [-0.2, -0.15) is 0 Å². The highest BCUT2D eigenvalue weighted by atomic mass is 32.2. The number of halogens is 1. The molecule has 3 aromatic rings. The quantitative estimate of drug-likeness (QED) is 0.637. The Kier molecular flexibility index (Phi) is 2.62. The van der Waals surface area contributed by atoms with Gasteiger partial charge in [-0.1, -0.05) is 6.07 Å². The number of H-pyrrole nitrogens is 1. The molecule has 2 nitrogen and oxygen atoms in total. The van der Waals surface area contributed by atoms with Gasteiger partial charge in [-0.05, 0) is 60.3 Å². The van der Waals surface area contributed by atoms with E-state index in [-0.39, 0.29) is 5.82 Å². The summed E-state index contributed by atoms with van der Waals surface area (Å²) < 4.78 is 16.6. The van der Waals surface area contributed by atoms with Crippen molar-refractivity contribution in [3.8, 4) is 11.1 Å². The molecule has 0 fully saturated rings. The Balaban J connectivity index is 1.89. The third-order valence-corrected chi connectivity index (χ3v) is 4.84. The molecule has 2 heterocycles. The first-order valence-electron chi connectivity index (χ1n) is 6.56. The number of aromatic nitrogens is 1. The van der Waals surface area contributed by atoms with Gasteiger partial charge in [0.1, 0.15) is 5.82 Å². The average Bonchev–Trinajstić information content (AvgIpc) is 3.02. The molecule has 0 bridgehead atoms. The first-order chi connectivity index (χ1) is 9.72. The maximum atomic E-state index is 13.2. The van der Waals surface area contributed by atoms with Gasteiger partial charge in [-0.15, -0.1) is 0 Å². The highest BCUT2D eigenvalue weighted by molar-refractivity contribution is 7.97. The molecule has 100 valence electrons. The van der Waals surface area contributed by atoms with E-state index < -0.39 is 0 Å². The van der Waals surface area contributed by atoms with E-state index in [1.165, 1.54) is 22.6 Å². The Morgan fingerprint density at radius 1 is 1.15 bits per heavy atom. The van der Waals surface area contributed by atoms with Crippen molar-refractivity contribution in [2.45, 2.75) is 17.9 Å². The molecule has 1 aliphatic heterocycles. The van der Waals surface area contributed by atoms with E-state index >= 15 is 0 Å². The van der Waals surface area contributed by atoms with Gasteiger partial charge in [0.25, 0.3) is 0 Å². The first-order valence-corrected chi connectivity index (χ1v) is 7.37. The predicted octanol–water partition coefficient (Wildman–Crippen LogP) is 4.65. The molecule has 0 amide bonds. The molecule has 4 rings (SSSR count). The number of rotatable bonds is 1. The number of hydrogen-bond acceptors (Lipinski definition) is 2. The number of nitrogens with one attached hydrogen (secondary N) is 2. The van der Waals surface area contributed by atoms with Crippen LogP contribution in [-0.2, 0) is 0 Å². The molecular formula is C16H13FN2S. The van der Waals surface area contributed by atoms with Gasteiger partial charge >= 0.3 is 0 Å². The van der Waals surface area contributed by atoms with Crippen LogP contribution in [0.5, 0.6) is 0 Å². The molecule has 2 N–H and O–H groups in total. The summed E-state index contributed by atoms with van der Waals surface area (Å²) in [5.41, 5.74) is 4.44. The van der Waals surface area contributed by atoms with Gasteiger partial charge in [-0.25, -0.2) is 4.39 Å². The van der Waals surface area contributed by atoms with Gasteiger partial charge < -0.3 is 4.98 Å². The Bertz CT molecular complexity index is 809. The molecule has 0 radical (unpaired) electrons. The van der Waals surface area contributed by atoms with Crippen molar-refractivity contribution in [1.29, 1.82) is 0 Å². The molecule has 0 spiro atoms. The summed E-state index contributed by atoms with van der Waals surface area (Å²) in [6.45, 7) is 2.16. The van der Waals surface area contributed by atoms with E-state index in [4.69, 9.17) is 0 Å². The van der Waals surface area contributed by atoms with E-state index in [1.807, 2.05) is 12.3 Å². The minimum Gasteiger partial charge on any atom is -0.360 e. The van der Waals surface area contributed by atoms with Crippen LogP contribution < -0.4 is 4.72 Å². The minimum atomic E-state index is -0.214. The molecule has 1 atom stereocenters. The summed E-state index contributed by atoms with van der Waals surface area (Å²) in [6.07, 6.45) is 1.95. The van der Waals surface area contributed by atoms with Crippen molar-refractivity contribution in [2.24, 2.45) is 0 Å². The van der Waals surface area contributed by atoms with Crippen molar-refractivity contribution < 1.29 is 4.39 Å². The first kappa shape index (κ1) is 12.0. The zero-order chi connectivity index (χ0) is 13.7. The van der Waals surface area contributed by atoms with Crippen molar-refractivity contribution in [3.05, 3.63) is 54.0 Å². The topological polar surface area (TPSA) is 27.8 Å². The zero-order valence-electron chi connectivity index (χ0n) is 10.9. The van der Waals surface area contributed by atoms with Crippen LogP contribution in [0.15, 0.2) is 47.5 Å². The molecule has 4 heteroatoms. The number of fused-ring (bicyclic) bond motifs is 2. The second kappa shape index (κ2) is 4.36. The second-order valence-corrected chi connectivity index (χ2v) is 5.97. The number of aromatic amines is 1. The highest BCUT2D eigenvalue weighted by Crippen LogP contribution is 2.38. The second-order valence-electron chi connectivity index (χ2n) is 5.09. The fourth-order valence-electron chi connectivity index (χ4n) is 2.70. The molecular weight excluding hydrogens is 271 g/mol. The third-order valence-electron chi connectivity index (χ3n) is 3.78. The predicted molar refractivity (Wildman–Crippen MR) is 81.1 cm³/mol. The van der Waals surface area contributed by atoms with E-state index in [2.05, 4.69) is 34.8 Å². The molecule has 1 unspecified atom stereocenters. The fraction of sp³-hybridized carbons (Fsp3) is 0.125. The van der Waals surface area contributed by atoms with Crippen LogP contribution in [0, 0.1) is 5.82 Å². The lowest BCUT2D eigenvalue weighted by Crippen LogP contribution is -2.01. The summed E-state index contributed by atoms with van der Waals surface area (Å²) in [7, 11) is 0. The fourth-order valence-corrected chi connectivity index (χ4v) is 3.62. The van der Waals surface area contributed by atoms with Crippen LogP contribution in [0.1, 0.15) is 18.5 Å². The lowest BCUT2D eigenvalue weighted by atomic mass is 10.00. The van der Waals surface area contributed by atoms with Crippen molar-refractivity contribution >= 4 is 22.9 Å². The summed E-state index contributed by atoms with van der Waals surface area (Å²) in [5, 5.41) is 1.05. The average molecular weight is 284 g/mol. The smallest absolute Gasteiger partial charge is 0.125 e. The Labute approximate surface area is 120 Å². The standard InChI is InChI=1S/C16H13FN2S/c1-9-13-6-10(2-5-16(13)20-19-9)14-8-18-15-7-11(17)3-4-12(14)15/h2-9,18-19H,1H3. The number of hydrogen-bond donors (Lipinski definition) is 2. The summed E-state index contributed by atoms with van der Waals surface area (Å²) in [6, 6.07) is 11.7. The minimum absolute atomic E-state index is 0.214. The molecule has 0 saturated carbocycles. The van der Waals surface area contributed by atoms with E-state index in [9.17, 15) is 4.39 Å². The Morgan fingerprint density at radius 2 is 2.05 bits per heavy atom. The SMILES string of the molecule is CC1NSc2ccc(-c3c[nH]c4cc(F)ccc34)cc21. The van der Waals surface area contributed by atoms with Crippen LogP contribution in [-0.4, -0.2) is 4.98 Å². The molecule has 0 saturated heterocycles. The van der Waals surface area contributed by atoms with E-state index in [0.29, 0.717) is 6.04 Å². The molecule has 2 aromatic carbocycles. The van der Waals surface area contributed by atoms with E-state index in [0.717, 1.165) is 22.0 Å². The van der Waals surface area contributed by atoms with Crippen LogP contribution in [0.2, 0.25) is 0 Å². The summed E-state index contributed by atoms with van der Waals surface area (Å²) >= 11 is 1.68. The normalized spacial score (nSPS) is 17.6. The highest BCUT2D eigenvalue weighted by Gasteiger charge is 2.19. The number of benzene rings is 2. The lowest BCUT2D eigenvalue weighted by Gasteiger charge is -2.06. The zero-order valence-corrected chi connectivity index (χ0v) is 11.7. The van der Waals surface area contributed by atoms with Crippen molar-refractivity contribution in [1.82, 2.24) is 9.71 Å². The Hall–Kier alpha value is -1.78. The lowest BCUT2D eigenvalue weighted by molar-refractivity contribution is 0.629. The molecule has 0 aliphatic carbocycles.